The highest BCUT2D eigenvalue weighted by Gasteiger charge is 2.48. The third-order valence-corrected chi connectivity index (χ3v) is 8.45. The number of halogens is 3. The van der Waals surface area contributed by atoms with Gasteiger partial charge < -0.3 is 24.0 Å². The lowest BCUT2D eigenvalue weighted by atomic mass is 9.95. The summed E-state index contributed by atoms with van der Waals surface area (Å²) in [7, 11) is 2.05. The van der Waals surface area contributed by atoms with Gasteiger partial charge in [-0.25, -0.2) is 4.31 Å². The van der Waals surface area contributed by atoms with Gasteiger partial charge in [-0.1, -0.05) is 53.5 Å². The first-order valence-corrected chi connectivity index (χ1v) is 13.5. The zero-order chi connectivity index (χ0) is 24.6. The van der Waals surface area contributed by atoms with Crippen molar-refractivity contribution in [2.75, 3.05) is 64.3 Å². The molecule has 0 saturated carbocycles. The van der Waals surface area contributed by atoms with Crippen LogP contribution in [0.1, 0.15) is 22.0 Å². The molecule has 3 saturated heterocycles. The summed E-state index contributed by atoms with van der Waals surface area (Å²) < 4.78 is 31.4. The Kier molecular flexibility index (Phi) is 7.46. The molecule has 5 rings (SSSR count). The third-order valence-electron chi connectivity index (χ3n) is 6.63. The molecule has 2 aromatic carbocycles. The maximum atomic E-state index is 15.0. The lowest BCUT2D eigenvalue weighted by Gasteiger charge is -2.54. The number of amides is 1. The zero-order valence-corrected chi connectivity index (χ0v) is 21.8. The monoisotopic (exact) mass is 542 g/mol. The Morgan fingerprint density at radius 3 is 2.51 bits per heavy atom. The molecule has 1 amide bonds. The summed E-state index contributed by atoms with van der Waals surface area (Å²) >= 11 is 10.8. The van der Waals surface area contributed by atoms with Gasteiger partial charge in [0.05, 0.1) is 35.4 Å². The van der Waals surface area contributed by atoms with Crippen molar-refractivity contribution in [3.63, 3.8) is 0 Å². The molecule has 1 spiro atoms. The second kappa shape index (κ2) is 10.4. The number of nitrogens with one attached hydrogen (secondary N) is 1. The molecule has 3 aliphatic rings. The molecule has 0 aliphatic carbocycles. The van der Waals surface area contributed by atoms with Crippen molar-refractivity contribution < 1.29 is 18.2 Å². The van der Waals surface area contributed by atoms with Crippen molar-refractivity contribution in [3.05, 3.63) is 63.6 Å². The lowest BCUT2D eigenvalue weighted by molar-refractivity contribution is -0.156. The molecule has 0 bridgehead atoms. The summed E-state index contributed by atoms with van der Waals surface area (Å²) in [6, 6.07) is 12.9. The molecular formula is C24H29Cl2FN4O3S. The smallest absolute Gasteiger partial charge is 0.257 e. The van der Waals surface area contributed by atoms with Gasteiger partial charge in [0.1, 0.15) is 11.7 Å². The van der Waals surface area contributed by atoms with Crippen LogP contribution in [0.2, 0.25) is 10.0 Å². The summed E-state index contributed by atoms with van der Waals surface area (Å²) in [5.74, 6) is -0.262. The summed E-state index contributed by atoms with van der Waals surface area (Å²) in [6.07, 6.45) is -0.213. The Bertz CT molecular complexity index is 1050. The summed E-state index contributed by atoms with van der Waals surface area (Å²) in [6.45, 7) is 4.69. The van der Waals surface area contributed by atoms with E-state index < -0.39 is 11.7 Å². The van der Waals surface area contributed by atoms with Crippen molar-refractivity contribution in [3.8, 4) is 0 Å². The minimum atomic E-state index is -2.13. The number of likely N-dealkylation sites (N-methyl/N-ethyl adjacent to an activating group) is 1. The van der Waals surface area contributed by atoms with E-state index in [-0.39, 0.29) is 33.2 Å². The molecule has 2 atom stereocenters. The number of thiol groups is 1. The molecule has 1 N–H and O–H groups in total. The molecular weight excluding hydrogens is 514 g/mol. The minimum absolute atomic E-state index is 0.188. The summed E-state index contributed by atoms with van der Waals surface area (Å²) in [4.78, 5) is 17.2. The first-order valence-electron chi connectivity index (χ1n) is 11.6. The van der Waals surface area contributed by atoms with E-state index in [1.165, 1.54) is 0 Å². The highest BCUT2D eigenvalue weighted by Crippen LogP contribution is 2.44. The molecule has 3 fully saturated rings. The molecule has 35 heavy (non-hydrogen) atoms. The molecule has 190 valence electrons. The zero-order valence-electron chi connectivity index (χ0n) is 19.4. The van der Waals surface area contributed by atoms with Gasteiger partial charge in [-0.15, -0.1) is 0 Å². The number of hydrogen-bond donors (Lipinski definition) is 2. The van der Waals surface area contributed by atoms with E-state index in [9.17, 15) is 4.79 Å². The fourth-order valence-electron chi connectivity index (χ4n) is 4.85. The van der Waals surface area contributed by atoms with Crippen molar-refractivity contribution in [2.24, 2.45) is 0 Å². The number of carbonyl (C=O) groups excluding carboxylic acids is 1. The third kappa shape index (κ3) is 5.41. The van der Waals surface area contributed by atoms with E-state index >= 15 is 3.89 Å². The number of anilines is 1. The Balaban J connectivity index is 1.23. The minimum Gasteiger partial charge on any atom is -0.370 e. The number of hydrogen-bond acceptors (Lipinski definition) is 6. The van der Waals surface area contributed by atoms with E-state index in [0.717, 1.165) is 18.7 Å². The first-order chi connectivity index (χ1) is 16.8. The highest BCUT2D eigenvalue weighted by molar-refractivity contribution is 8.11. The maximum absolute atomic E-state index is 15.0. The van der Waals surface area contributed by atoms with Crippen LogP contribution in [-0.2, 0) is 9.47 Å². The van der Waals surface area contributed by atoms with Crippen LogP contribution < -0.4 is 4.72 Å². The van der Waals surface area contributed by atoms with Gasteiger partial charge in [0.25, 0.3) is 5.91 Å². The predicted octanol–water partition coefficient (Wildman–Crippen LogP) is 4.35. The number of ether oxygens (including phenoxy) is 2. The van der Waals surface area contributed by atoms with Gasteiger partial charge >= 0.3 is 0 Å². The molecule has 3 heterocycles. The fourth-order valence-corrected chi connectivity index (χ4v) is 6.75. The van der Waals surface area contributed by atoms with Crippen LogP contribution in [0.5, 0.6) is 0 Å². The maximum Gasteiger partial charge on any atom is 0.257 e. The van der Waals surface area contributed by atoms with Crippen molar-refractivity contribution in [1.29, 1.82) is 0 Å². The van der Waals surface area contributed by atoms with Crippen LogP contribution in [0.25, 0.3) is 0 Å². The van der Waals surface area contributed by atoms with Crippen LogP contribution in [-0.4, -0.2) is 85.1 Å². The Hall–Kier alpha value is -1.59. The largest absolute Gasteiger partial charge is 0.370 e. The highest BCUT2D eigenvalue weighted by atomic mass is 35.5. The average Bonchev–Trinajstić information content (AvgIpc) is 2.82. The second-order valence-corrected chi connectivity index (χ2v) is 11.4. The topological polar surface area (TPSA) is 57.3 Å². The number of nitrogens with zero attached hydrogens (tertiary/aromatic N) is 3. The SMILES string of the molecule is CN1CCOC2(C1)CN([SH](F)Nc1cc(Cl)c(C(=O)N3CCO[C@@H](c4ccccc4)C3)c(Cl)c1)C2. The number of rotatable bonds is 5. The molecule has 0 radical (unpaired) electrons. The van der Waals surface area contributed by atoms with Crippen LogP contribution in [0, 0.1) is 0 Å². The molecule has 0 aromatic heterocycles. The predicted molar refractivity (Wildman–Crippen MR) is 139 cm³/mol. The van der Waals surface area contributed by atoms with Gasteiger partial charge in [0.15, 0.2) is 0 Å². The number of benzene rings is 2. The van der Waals surface area contributed by atoms with E-state index in [1.807, 2.05) is 30.3 Å². The van der Waals surface area contributed by atoms with Crippen molar-refractivity contribution in [1.82, 2.24) is 14.1 Å². The molecule has 7 nitrogen and oxygen atoms in total. The van der Waals surface area contributed by atoms with E-state index in [4.69, 9.17) is 32.7 Å². The van der Waals surface area contributed by atoms with Gasteiger partial charge in [0.2, 0.25) is 0 Å². The van der Waals surface area contributed by atoms with Gasteiger partial charge in [-0.05, 0) is 24.7 Å². The first kappa shape index (κ1) is 25.1. The Labute approximate surface area is 217 Å². The van der Waals surface area contributed by atoms with Gasteiger partial charge in [-0.2, -0.15) is 3.89 Å². The molecule has 3 aliphatic heterocycles. The fraction of sp³-hybridized carbons (Fsp3) is 0.458. The number of carbonyl (C=O) groups is 1. The Morgan fingerprint density at radius 2 is 1.83 bits per heavy atom. The van der Waals surface area contributed by atoms with Crippen LogP contribution in [0.15, 0.2) is 42.5 Å². The van der Waals surface area contributed by atoms with E-state index in [1.54, 1.807) is 21.3 Å². The van der Waals surface area contributed by atoms with Crippen molar-refractivity contribution in [2.45, 2.75) is 11.7 Å². The normalized spacial score (nSPS) is 24.2. The number of morpholine rings is 2. The van der Waals surface area contributed by atoms with Crippen LogP contribution in [0.4, 0.5) is 9.57 Å². The van der Waals surface area contributed by atoms with E-state index in [0.29, 0.717) is 45.1 Å². The van der Waals surface area contributed by atoms with Crippen LogP contribution in [0.3, 0.4) is 0 Å². The molecule has 11 heteroatoms. The standard InChI is InChI=1S/C24H29Cl2FN4O3S/c1-29-7-10-34-24(14-29)15-31(16-24)35(27)28-18-11-19(25)22(20(26)12-18)23(32)30-8-9-33-21(13-30)17-5-3-2-4-6-17/h2-6,11-12,21,28,35H,7-10,13-16H2,1H3/t21-/m1/s1. The second-order valence-electron chi connectivity index (χ2n) is 9.30. The average molecular weight is 543 g/mol. The molecule has 2 aromatic rings. The van der Waals surface area contributed by atoms with Crippen molar-refractivity contribution >= 4 is 46.4 Å². The quantitative estimate of drug-likeness (QED) is 0.548. The van der Waals surface area contributed by atoms with Gasteiger partial charge in [0, 0.05) is 50.1 Å². The summed E-state index contributed by atoms with van der Waals surface area (Å²) in [5, 5.41) is 0.377. The van der Waals surface area contributed by atoms with Gasteiger partial charge in [-0.3, -0.25) is 4.79 Å². The Morgan fingerprint density at radius 1 is 1.11 bits per heavy atom. The lowest BCUT2D eigenvalue weighted by Crippen LogP contribution is -2.68. The molecule has 1 unspecified atom stereocenters. The van der Waals surface area contributed by atoms with Crippen LogP contribution >= 0.6 is 34.9 Å². The summed E-state index contributed by atoms with van der Waals surface area (Å²) in [5.41, 5.74) is 1.38. The van der Waals surface area contributed by atoms with E-state index in [2.05, 4.69) is 16.7 Å².